The van der Waals surface area contributed by atoms with Crippen molar-refractivity contribution in [2.24, 2.45) is 0 Å². The van der Waals surface area contributed by atoms with E-state index in [-0.39, 0.29) is 10.8 Å². The minimum absolute atomic E-state index is 0.0612. The molecule has 0 radical (unpaired) electrons. The number of nitrogens with zero attached hydrogens (tertiary/aromatic N) is 4. The lowest BCUT2D eigenvalue weighted by molar-refractivity contribution is -0.932. The molecule has 0 bridgehead atoms. The number of hydrogen-bond donors (Lipinski definition) is 0. The van der Waals surface area contributed by atoms with Crippen LogP contribution in [0.5, 0.6) is 11.6 Å². The monoisotopic (exact) mass is 622 g/mol. The van der Waals surface area contributed by atoms with E-state index in [1.807, 2.05) is 0 Å². The molecule has 1 unspecified atom stereocenters. The minimum Gasteiger partial charge on any atom is -0.404 e. The molecular formula is C43H34N4O+2. The van der Waals surface area contributed by atoms with Crippen LogP contribution in [-0.2, 0) is 16.5 Å². The lowest BCUT2D eigenvalue weighted by Gasteiger charge is -2.37. The van der Waals surface area contributed by atoms with Crippen molar-refractivity contribution >= 4 is 43.7 Å². The molecule has 0 N–H and O–H groups in total. The third kappa shape index (κ3) is 2.50. The van der Waals surface area contributed by atoms with Crippen molar-refractivity contribution in [3.8, 4) is 34.4 Å². The maximum atomic E-state index is 7.12. The predicted octanol–water partition coefficient (Wildman–Crippen LogP) is 9.06. The summed E-state index contributed by atoms with van der Waals surface area (Å²) >= 11 is 0. The van der Waals surface area contributed by atoms with Gasteiger partial charge in [0.1, 0.15) is 16.6 Å². The Morgan fingerprint density at radius 3 is 2.04 bits per heavy atom. The second-order valence-electron chi connectivity index (χ2n) is 16.3. The van der Waals surface area contributed by atoms with Gasteiger partial charge in [0.25, 0.3) is 5.69 Å². The molecule has 4 aliphatic heterocycles. The molecule has 1 spiro atoms. The van der Waals surface area contributed by atoms with Crippen LogP contribution in [0, 0.1) is 0 Å². The maximum Gasteiger partial charge on any atom is 0.378 e. The molecule has 4 aromatic heterocycles. The van der Waals surface area contributed by atoms with E-state index >= 15 is 0 Å². The first-order valence-electron chi connectivity index (χ1n) is 17.1. The average molecular weight is 623 g/mol. The van der Waals surface area contributed by atoms with Crippen LogP contribution in [0.4, 0.5) is 0 Å². The van der Waals surface area contributed by atoms with Crippen LogP contribution < -0.4 is 13.9 Å². The largest absolute Gasteiger partial charge is 0.404 e. The van der Waals surface area contributed by atoms with Crippen LogP contribution >= 0.6 is 0 Å². The normalized spacial score (nSPS) is 17.6. The third-order valence-electron chi connectivity index (χ3n) is 11.7. The Bertz CT molecular complexity index is 2890. The van der Waals surface area contributed by atoms with E-state index < -0.39 is 5.66 Å². The van der Waals surface area contributed by atoms with Gasteiger partial charge in [-0.2, -0.15) is 4.57 Å². The zero-order valence-electron chi connectivity index (χ0n) is 27.9. The second-order valence-corrected chi connectivity index (χ2v) is 16.3. The fourth-order valence-electron chi connectivity index (χ4n) is 9.80. The van der Waals surface area contributed by atoms with E-state index in [4.69, 9.17) is 4.74 Å². The number of rotatable bonds is 0. The minimum atomic E-state index is -0.668. The molecule has 5 nitrogen and oxygen atoms in total. The quantitative estimate of drug-likeness (QED) is 0.155. The van der Waals surface area contributed by atoms with Crippen molar-refractivity contribution in [1.29, 1.82) is 0 Å². The number of ether oxygens (including phenoxy) is 1. The molecule has 5 heteroatoms. The van der Waals surface area contributed by atoms with Crippen LogP contribution in [0.3, 0.4) is 0 Å². The van der Waals surface area contributed by atoms with E-state index in [9.17, 15) is 0 Å². The highest BCUT2D eigenvalue weighted by Gasteiger charge is 2.71. The van der Waals surface area contributed by atoms with Gasteiger partial charge >= 0.3 is 17.2 Å². The van der Waals surface area contributed by atoms with E-state index in [1.54, 1.807) is 0 Å². The number of hydrogen-bond acceptors (Lipinski definition) is 1. The van der Waals surface area contributed by atoms with Gasteiger partial charge in [0.2, 0.25) is 5.69 Å². The summed E-state index contributed by atoms with van der Waals surface area (Å²) in [7, 11) is 0. The predicted molar refractivity (Wildman–Crippen MR) is 190 cm³/mol. The van der Waals surface area contributed by atoms with Gasteiger partial charge in [0, 0.05) is 22.2 Å². The molecule has 0 saturated heterocycles. The summed E-state index contributed by atoms with van der Waals surface area (Å²) in [5, 5.41) is 5.17. The van der Waals surface area contributed by atoms with Gasteiger partial charge in [-0.1, -0.05) is 77.9 Å². The van der Waals surface area contributed by atoms with Gasteiger partial charge in [-0.05, 0) is 70.5 Å². The van der Waals surface area contributed by atoms with Crippen molar-refractivity contribution in [2.75, 3.05) is 0 Å². The fourth-order valence-corrected chi connectivity index (χ4v) is 9.80. The summed E-state index contributed by atoms with van der Waals surface area (Å²) in [6.07, 6.45) is 0. The Kier molecular flexibility index (Phi) is 4.00. The Morgan fingerprint density at radius 1 is 0.604 bits per heavy atom. The van der Waals surface area contributed by atoms with Gasteiger partial charge < -0.3 is 9.30 Å². The van der Waals surface area contributed by atoms with Gasteiger partial charge in [-0.25, -0.2) is 0 Å². The number of pyridine rings is 2. The topological polar surface area (TPSA) is 26.8 Å². The Morgan fingerprint density at radius 2 is 1.29 bits per heavy atom. The summed E-state index contributed by atoms with van der Waals surface area (Å²) in [5.74, 6) is 1.83. The number of aromatic nitrogens is 4. The molecule has 4 aliphatic rings. The summed E-state index contributed by atoms with van der Waals surface area (Å²) in [4.78, 5) is 0. The number of fused-ring (bicyclic) bond motifs is 9. The van der Waals surface area contributed by atoms with Crippen LogP contribution in [0.15, 0.2) is 97.1 Å². The van der Waals surface area contributed by atoms with Crippen molar-refractivity contribution in [3.05, 3.63) is 119 Å². The molecule has 0 saturated carbocycles. The van der Waals surface area contributed by atoms with Crippen molar-refractivity contribution in [1.82, 2.24) is 9.13 Å². The first kappa shape index (κ1) is 25.6. The molecule has 8 aromatic rings. The van der Waals surface area contributed by atoms with E-state index in [0.29, 0.717) is 0 Å². The lowest BCUT2D eigenvalue weighted by atomic mass is 9.80. The Hall–Kier alpha value is -5.42. The smallest absolute Gasteiger partial charge is 0.378 e. The maximum absolute atomic E-state index is 7.12. The highest BCUT2D eigenvalue weighted by molar-refractivity contribution is 6.14. The lowest BCUT2D eigenvalue weighted by Crippen LogP contribution is -2.75. The SMILES string of the molecule is CC(C)(C)c1cc2[n+]3c(c1)-c1cc(C(C)(C)C)c4c5ccccc5n5c4[n+]1C31c3c(cccc3-5)-n3c4ccccc4c4ccc(c1c43)O2. The molecule has 0 fully saturated rings. The molecule has 8 heterocycles. The van der Waals surface area contributed by atoms with Crippen LogP contribution in [-0.4, -0.2) is 9.13 Å². The van der Waals surface area contributed by atoms with E-state index in [0.717, 1.165) is 11.6 Å². The Balaban J connectivity index is 1.45. The molecule has 12 rings (SSSR count). The fraction of sp³-hybridized carbons (Fsp3) is 0.209. The van der Waals surface area contributed by atoms with Gasteiger partial charge in [0.15, 0.2) is 11.4 Å². The van der Waals surface area contributed by atoms with Gasteiger partial charge in [-0.15, -0.1) is 9.13 Å². The van der Waals surface area contributed by atoms with Gasteiger partial charge in [-0.3, -0.25) is 0 Å². The van der Waals surface area contributed by atoms with Crippen LogP contribution in [0.2, 0.25) is 0 Å². The zero-order valence-corrected chi connectivity index (χ0v) is 27.9. The van der Waals surface area contributed by atoms with E-state index in [1.165, 1.54) is 88.8 Å². The summed E-state index contributed by atoms with van der Waals surface area (Å²) in [6, 6.07) is 36.6. The highest BCUT2D eigenvalue weighted by atomic mass is 16.5. The third-order valence-corrected chi connectivity index (χ3v) is 11.7. The molecule has 48 heavy (non-hydrogen) atoms. The molecule has 0 aliphatic carbocycles. The molecular weight excluding hydrogens is 589 g/mol. The first-order valence-corrected chi connectivity index (χ1v) is 17.1. The highest BCUT2D eigenvalue weighted by Crippen LogP contribution is 2.58. The summed E-state index contributed by atoms with van der Waals surface area (Å²) < 4.78 is 17.5. The molecule has 0 amide bonds. The van der Waals surface area contributed by atoms with Gasteiger partial charge in [0.05, 0.1) is 28.2 Å². The standard InChI is InChI=1S/C43H34N4O/c1-41(2,3)23-20-32-33-22-27(42(4,5)6)36-26-13-8-10-15-29(26)45-31-17-11-16-30-37(31)43(47(33)40(36)45)38-34(48-35(21-23)46(32)43)19-18-25-24-12-7-9-14-28(24)44(30)39(25)38/h7-22H,1-6H3/q+2. The number of benzene rings is 4. The molecule has 230 valence electrons. The van der Waals surface area contributed by atoms with Crippen molar-refractivity contribution in [3.63, 3.8) is 0 Å². The molecule has 1 atom stereocenters. The van der Waals surface area contributed by atoms with Crippen molar-refractivity contribution < 1.29 is 13.9 Å². The van der Waals surface area contributed by atoms with E-state index in [2.05, 4.69) is 157 Å². The Labute approximate surface area is 277 Å². The second kappa shape index (κ2) is 7.50. The molecule has 4 aromatic carbocycles. The van der Waals surface area contributed by atoms with Crippen molar-refractivity contribution in [2.45, 2.75) is 58.0 Å². The van der Waals surface area contributed by atoms with Crippen LogP contribution in [0.1, 0.15) is 63.8 Å². The first-order chi connectivity index (χ1) is 23.1. The number of para-hydroxylation sites is 2. The van der Waals surface area contributed by atoms with Crippen LogP contribution in [0.25, 0.3) is 66.5 Å². The zero-order chi connectivity index (χ0) is 32.2. The summed E-state index contributed by atoms with van der Waals surface area (Å²) in [5.41, 5.74) is 14.2. The average Bonchev–Trinajstić information content (AvgIpc) is 3.68. The summed E-state index contributed by atoms with van der Waals surface area (Å²) in [6.45, 7) is 14.0.